The van der Waals surface area contributed by atoms with Gasteiger partial charge < -0.3 is 4.74 Å². The van der Waals surface area contributed by atoms with Crippen molar-refractivity contribution < 1.29 is 9.53 Å². The molecular formula is C12H15ClO2S. The summed E-state index contributed by atoms with van der Waals surface area (Å²) < 4.78 is 4.22. The third-order valence-corrected chi connectivity index (χ3v) is 3.45. The SMILES string of the molecule is CCOC(=O)C(Cl)SCCc1ccccc1. The Hall–Kier alpha value is -0.670. The molecule has 88 valence electrons. The van der Waals surface area contributed by atoms with Gasteiger partial charge >= 0.3 is 5.97 Å². The van der Waals surface area contributed by atoms with Crippen LogP contribution in [0, 0.1) is 0 Å². The number of hydrogen-bond donors (Lipinski definition) is 0. The van der Waals surface area contributed by atoms with Crippen LogP contribution in [0.1, 0.15) is 12.5 Å². The van der Waals surface area contributed by atoms with Gasteiger partial charge in [0.2, 0.25) is 0 Å². The number of esters is 1. The lowest BCUT2D eigenvalue weighted by atomic mass is 10.2. The third-order valence-electron chi connectivity index (χ3n) is 1.97. The molecule has 0 saturated carbocycles. The minimum atomic E-state index is -0.594. The molecule has 0 bridgehead atoms. The molecular weight excluding hydrogens is 244 g/mol. The molecule has 0 amide bonds. The smallest absolute Gasteiger partial charge is 0.334 e. The van der Waals surface area contributed by atoms with Crippen molar-refractivity contribution in [1.82, 2.24) is 0 Å². The molecule has 1 rings (SSSR count). The maximum Gasteiger partial charge on any atom is 0.334 e. The van der Waals surface area contributed by atoms with Gasteiger partial charge in [0, 0.05) is 0 Å². The Morgan fingerprint density at radius 3 is 2.75 bits per heavy atom. The van der Waals surface area contributed by atoms with E-state index in [1.807, 2.05) is 18.2 Å². The van der Waals surface area contributed by atoms with Crippen molar-refractivity contribution >= 4 is 29.3 Å². The molecule has 2 nitrogen and oxygen atoms in total. The Balaban J connectivity index is 2.23. The Morgan fingerprint density at radius 2 is 2.12 bits per heavy atom. The summed E-state index contributed by atoms with van der Waals surface area (Å²) in [6, 6.07) is 10.1. The molecule has 0 aromatic heterocycles. The molecule has 0 N–H and O–H groups in total. The summed E-state index contributed by atoms with van der Waals surface area (Å²) in [5.74, 6) is 0.471. The van der Waals surface area contributed by atoms with Crippen LogP contribution in [-0.4, -0.2) is 23.0 Å². The zero-order valence-corrected chi connectivity index (χ0v) is 10.8. The predicted molar refractivity (Wildman–Crippen MR) is 68.9 cm³/mol. The van der Waals surface area contributed by atoms with E-state index in [-0.39, 0.29) is 5.97 Å². The van der Waals surface area contributed by atoms with Crippen LogP contribution >= 0.6 is 23.4 Å². The van der Waals surface area contributed by atoms with E-state index in [0.29, 0.717) is 6.61 Å². The summed E-state index contributed by atoms with van der Waals surface area (Å²) in [7, 11) is 0. The predicted octanol–water partition coefficient (Wildman–Crippen LogP) is 3.09. The van der Waals surface area contributed by atoms with Crippen molar-refractivity contribution in [1.29, 1.82) is 0 Å². The number of benzene rings is 1. The summed E-state index contributed by atoms with van der Waals surface area (Å²) in [5, 5.41) is 0. The highest BCUT2D eigenvalue weighted by molar-refractivity contribution is 8.01. The topological polar surface area (TPSA) is 26.3 Å². The number of thioether (sulfide) groups is 1. The van der Waals surface area contributed by atoms with Gasteiger partial charge in [0.15, 0.2) is 4.71 Å². The molecule has 0 aliphatic carbocycles. The number of aryl methyl sites for hydroxylation is 1. The van der Waals surface area contributed by atoms with E-state index >= 15 is 0 Å². The monoisotopic (exact) mass is 258 g/mol. The van der Waals surface area contributed by atoms with E-state index in [0.717, 1.165) is 12.2 Å². The number of ether oxygens (including phenoxy) is 1. The van der Waals surface area contributed by atoms with Crippen LogP contribution in [-0.2, 0) is 16.0 Å². The lowest BCUT2D eigenvalue weighted by Crippen LogP contribution is -2.15. The molecule has 0 saturated heterocycles. The van der Waals surface area contributed by atoms with E-state index in [4.69, 9.17) is 16.3 Å². The van der Waals surface area contributed by atoms with Crippen LogP contribution in [0.2, 0.25) is 0 Å². The van der Waals surface area contributed by atoms with E-state index in [1.165, 1.54) is 17.3 Å². The van der Waals surface area contributed by atoms with E-state index in [1.54, 1.807) is 6.92 Å². The summed E-state index contributed by atoms with van der Waals surface area (Å²) in [6.07, 6.45) is 0.911. The molecule has 0 radical (unpaired) electrons. The van der Waals surface area contributed by atoms with Crippen molar-refractivity contribution in [3.8, 4) is 0 Å². The maximum atomic E-state index is 11.2. The lowest BCUT2D eigenvalue weighted by molar-refractivity contribution is -0.140. The third kappa shape index (κ3) is 4.90. The lowest BCUT2D eigenvalue weighted by Gasteiger charge is -2.08. The number of carbonyl (C=O) groups is 1. The number of hydrogen-bond acceptors (Lipinski definition) is 3. The Bertz CT molecular complexity index is 316. The average Bonchev–Trinajstić information content (AvgIpc) is 2.30. The van der Waals surface area contributed by atoms with Gasteiger partial charge in [-0.2, -0.15) is 0 Å². The van der Waals surface area contributed by atoms with Gasteiger partial charge in [-0.25, -0.2) is 4.79 Å². The second-order valence-electron chi connectivity index (χ2n) is 3.17. The standard InChI is InChI=1S/C12H15ClO2S/c1-2-15-12(14)11(13)16-9-8-10-6-4-3-5-7-10/h3-7,11H,2,8-9H2,1H3. The molecule has 0 spiro atoms. The second kappa shape index (κ2) is 7.58. The van der Waals surface area contributed by atoms with Gasteiger partial charge in [-0.3, -0.25) is 0 Å². The van der Waals surface area contributed by atoms with Gasteiger partial charge in [-0.05, 0) is 24.7 Å². The molecule has 0 fully saturated rings. The highest BCUT2D eigenvalue weighted by atomic mass is 35.5. The maximum absolute atomic E-state index is 11.2. The summed E-state index contributed by atoms with van der Waals surface area (Å²) in [5.41, 5.74) is 1.25. The van der Waals surface area contributed by atoms with Crippen LogP contribution in [0.3, 0.4) is 0 Å². The fourth-order valence-electron chi connectivity index (χ4n) is 1.20. The second-order valence-corrected chi connectivity index (χ2v) is 5.08. The first-order chi connectivity index (χ1) is 7.74. The summed E-state index contributed by atoms with van der Waals surface area (Å²) in [4.78, 5) is 11.2. The number of halogens is 1. The molecule has 0 aliphatic rings. The largest absolute Gasteiger partial charge is 0.464 e. The van der Waals surface area contributed by atoms with Crippen LogP contribution in [0.15, 0.2) is 30.3 Å². The van der Waals surface area contributed by atoms with E-state index < -0.39 is 4.71 Å². The van der Waals surface area contributed by atoms with Gasteiger partial charge in [-0.15, -0.1) is 11.8 Å². The zero-order chi connectivity index (χ0) is 11.8. The minimum Gasteiger partial charge on any atom is -0.464 e. The van der Waals surface area contributed by atoms with E-state index in [9.17, 15) is 4.79 Å². The fourth-order valence-corrected chi connectivity index (χ4v) is 2.30. The molecule has 1 atom stereocenters. The van der Waals surface area contributed by atoms with Crippen molar-refractivity contribution in [2.75, 3.05) is 12.4 Å². The number of alkyl halides is 1. The van der Waals surface area contributed by atoms with Crippen LogP contribution in [0.25, 0.3) is 0 Å². The minimum absolute atomic E-state index is 0.345. The Morgan fingerprint density at radius 1 is 1.44 bits per heavy atom. The summed E-state index contributed by atoms with van der Waals surface area (Å²) in [6.45, 7) is 2.15. The van der Waals surface area contributed by atoms with Crippen molar-refractivity contribution in [3.63, 3.8) is 0 Å². The van der Waals surface area contributed by atoms with Gasteiger partial charge in [0.05, 0.1) is 6.61 Å². The van der Waals surface area contributed by atoms with Crippen molar-refractivity contribution in [3.05, 3.63) is 35.9 Å². The zero-order valence-electron chi connectivity index (χ0n) is 9.19. The van der Waals surface area contributed by atoms with Crippen LogP contribution in [0.5, 0.6) is 0 Å². The highest BCUT2D eigenvalue weighted by Gasteiger charge is 2.16. The first-order valence-corrected chi connectivity index (χ1v) is 6.68. The molecule has 16 heavy (non-hydrogen) atoms. The number of carbonyl (C=O) groups excluding carboxylic acids is 1. The quantitative estimate of drug-likeness (QED) is 0.579. The first-order valence-electron chi connectivity index (χ1n) is 5.20. The molecule has 1 unspecified atom stereocenters. The van der Waals surface area contributed by atoms with Crippen molar-refractivity contribution in [2.45, 2.75) is 18.1 Å². The van der Waals surface area contributed by atoms with Gasteiger partial charge in [0.1, 0.15) is 0 Å². The molecule has 1 aromatic carbocycles. The van der Waals surface area contributed by atoms with Crippen LogP contribution in [0.4, 0.5) is 0 Å². The Labute approximate surface area is 105 Å². The van der Waals surface area contributed by atoms with E-state index in [2.05, 4.69) is 12.1 Å². The van der Waals surface area contributed by atoms with Gasteiger partial charge in [-0.1, -0.05) is 41.9 Å². The Kier molecular flexibility index (Phi) is 6.34. The number of rotatable bonds is 6. The average molecular weight is 259 g/mol. The highest BCUT2D eigenvalue weighted by Crippen LogP contribution is 2.18. The molecule has 4 heteroatoms. The first kappa shape index (κ1) is 13.4. The molecule has 0 heterocycles. The van der Waals surface area contributed by atoms with Crippen LogP contribution < -0.4 is 0 Å². The van der Waals surface area contributed by atoms with Gasteiger partial charge in [0.25, 0.3) is 0 Å². The molecule has 1 aromatic rings. The normalized spacial score (nSPS) is 12.1. The summed E-state index contributed by atoms with van der Waals surface area (Å²) >= 11 is 7.27. The van der Waals surface area contributed by atoms with Crippen molar-refractivity contribution in [2.24, 2.45) is 0 Å². The molecule has 0 aliphatic heterocycles. The fraction of sp³-hybridized carbons (Fsp3) is 0.417.